The van der Waals surface area contributed by atoms with E-state index in [4.69, 9.17) is 22.1 Å². The van der Waals surface area contributed by atoms with Crippen molar-refractivity contribution in [3.05, 3.63) is 28.8 Å². The highest BCUT2D eigenvalue weighted by Crippen LogP contribution is 2.18. The first-order valence-electron chi connectivity index (χ1n) is 5.09. The van der Waals surface area contributed by atoms with Crippen LogP contribution in [0.5, 0.6) is 0 Å². The molecule has 0 aliphatic carbocycles. The van der Waals surface area contributed by atoms with Gasteiger partial charge in [0.25, 0.3) is 0 Å². The van der Waals surface area contributed by atoms with Crippen LogP contribution in [0.1, 0.15) is 5.56 Å². The fraction of sp³-hybridized carbons (Fsp3) is 0.455. The van der Waals surface area contributed by atoms with Crippen LogP contribution in [0.3, 0.4) is 0 Å². The Morgan fingerprint density at radius 3 is 2.67 bits per heavy atom. The summed E-state index contributed by atoms with van der Waals surface area (Å²) in [6.45, 7) is 4.49. The Kier molecular flexibility index (Phi) is 3.46. The monoisotopic (exact) mass is 226 g/mol. The zero-order valence-electron chi connectivity index (χ0n) is 8.58. The molecular weight excluding hydrogens is 212 g/mol. The van der Waals surface area contributed by atoms with Crippen LogP contribution in [0.25, 0.3) is 0 Å². The summed E-state index contributed by atoms with van der Waals surface area (Å²) in [6.07, 6.45) is 0. The molecule has 0 aromatic heterocycles. The third kappa shape index (κ3) is 3.09. The Bertz CT molecular complexity index is 317. The molecule has 1 aromatic carbocycles. The minimum absolute atomic E-state index is 0.707. The fourth-order valence-electron chi connectivity index (χ4n) is 1.78. The molecule has 0 spiro atoms. The molecule has 0 bridgehead atoms. The molecule has 1 fully saturated rings. The van der Waals surface area contributed by atoms with E-state index in [1.165, 1.54) is 5.56 Å². The van der Waals surface area contributed by atoms with Gasteiger partial charge in [-0.15, -0.1) is 0 Å². The number of rotatable bonds is 2. The van der Waals surface area contributed by atoms with Gasteiger partial charge in [0, 0.05) is 30.3 Å². The summed E-state index contributed by atoms with van der Waals surface area (Å²) in [5.41, 5.74) is 7.63. The van der Waals surface area contributed by atoms with E-state index in [-0.39, 0.29) is 0 Å². The molecule has 15 heavy (non-hydrogen) atoms. The minimum atomic E-state index is 0.707. The molecule has 4 heteroatoms. The van der Waals surface area contributed by atoms with Crippen LogP contribution in [0.4, 0.5) is 5.69 Å². The molecule has 0 saturated carbocycles. The van der Waals surface area contributed by atoms with Gasteiger partial charge in [-0.05, 0) is 23.8 Å². The van der Waals surface area contributed by atoms with Gasteiger partial charge in [-0.1, -0.05) is 11.6 Å². The first-order chi connectivity index (χ1) is 7.24. The number of nitrogens with two attached hydrogens (primary N) is 1. The van der Waals surface area contributed by atoms with Gasteiger partial charge in [0.2, 0.25) is 0 Å². The van der Waals surface area contributed by atoms with Crippen molar-refractivity contribution in [1.82, 2.24) is 4.90 Å². The van der Waals surface area contributed by atoms with Crippen LogP contribution in [-0.2, 0) is 11.3 Å². The second-order valence-corrected chi connectivity index (χ2v) is 4.22. The molecule has 0 atom stereocenters. The van der Waals surface area contributed by atoms with Crippen LogP contribution in [-0.4, -0.2) is 31.2 Å². The zero-order valence-corrected chi connectivity index (χ0v) is 9.33. The average molecular weight is 227 g/mol. The van der Waals surface area contributed by atoms with E-state index in [2.05, 4.69) is 4.90 Å². The van der Waals surface area contributed by atoms with E-state index in [1.807, 2.05) is 12.1 Å². The van der Waals surface area contributed by atoms with Crippen molar-refractivity contribution in [2.24, 2.45) is 0 Å². The number of halogens is 1. The largest absolute Gasteiger partial charge is 0.399 e. The predicted octanol–water partition coefficient (Wildman–Crippen LogP) is 1.75. The Morgan fingerprint density at radius 1 is 1.27 bits per heavy atom. The van der Waals surface area contributed by atoms with E-state index >= 15 is 0 Å². The van der Waals surface area contributed by atoms with Gasteiger partial charge in [-0.2, -0.15) is 0 Å². The lowest BCUT2D eigenvalue weighted by Crippen LogP contribution is -2.35. The van der Waals surface area contributed by atoms with Crippen LogP contribution < -0.4 is 5.73 Å². The van der Waals surface area contributed by atoms with Gasteiger partial charge < -0.3 is 10.5 Å². The Morgan fingerprint density at radius 2 is 2.00 bits per heavy atom. The highest BCUT2D eigenvalue weighted by Gasteiger charge is 2.10. The summed E-state index contributed by atoms with van der Waals surface area (Å²) in [7, 11) is 0. The lowest BCUT2D eigenvalue weighted by Gasteiger charge is -2.26. The quantitative estimate of drug-likeness (QED) is 0.781. The maximum atomic E-state index is 5.94. The maximum Gasteiger partial charge on any atom is 0.0594 e. The normalized spacial score (nSPS) is 17.9. The molecule has 0 unspecified atom stereocenters. The first kappa shape index (κ1) is 10.7. The molecule has 2 rings (SSSR count). The van der Waals surface area contributed by atoms with E-state index in [1.54, 1.807) is 6.07 Å². The second kappa shape index (κ2) is 4.84. The van der Waals surface area contributed by atoms with Gasteiger partial charge in [0.05, 0.1) is 13.2 Å². The average Bonchev–Trinajstić information content (AvgIpc) is 2.17. The topological polar surface area (TPSA) is 38.5 Å². The Balaban J connectivity index is 2.02. The number of hydrogen-bond donors (Lipinski definition) is 1. The third-order valence-corrected chi connectivity index (χ3v) is 2.71. The van der Waals surface area contributed by atoms with Crippen molar-refractivity contribution in [3.8, 4) is 0 Å². The summed E-state index contributed by atoms with van der Waals surface area (Å²) < 4.78 is 5.29. The van der Waals surface area contributed by atoms with Gasteiger partial charge >= 0.3 is 0 Å². The van der Waals surface area contributed by atoms with Crippen LogP contribution in [0, 0.1) is 0 Å². The molecule has 82 valence electrons. The standard InChI is InChI=1S/C11H15ClN2O/c12-10-5-9(6-11(13)7-10)8-14-1-3-15-4-2-14/h5-7H,1-4,8,13H2. The van der Waals surface area contributed by atoms with Crippen molar-refractivity contribution in [2.75, 3.05) is 32.0 Å². The third-order valence-electron chi connectivity index (χ3n) is 2.49. The molecule has 1 aromatic rings. The highest BCUT2D eigenvalue weighted by molar-refractivity contribution is 6.30. The summed E-state index contributed by atoms with van der Waals surface area (Å²) in [5, 5.41) is 0.707. The SMILES string of the molecule is Nc1cc(Cl)cc(CN2CCOCC2)c1. The number of anilines is 1. The van der Waals surface area contributed by atoms with Crippen molar-refractivity contribution >= 4 is 17.3 Å². The van der Waals surface area contributed by atoms with Gasteiger partial charge in [-0.25, -0.2) is 0 Å². The molecule has 1 aliphatic rings. The van der Waals surface area contributed by atoms with Crippen LogP contribution >= 0.6 is 11.6 Å². The summed E-state index contributed by atoms with van der Waals surface area (Å²) >= 11 is 5.94. The fourth-order valence-corrected chi connectivity index (χ4v) is 2.05. The van der Waals surface area contributed by atoms with E-state index < -0.39 is 0 Å². The molecule has 3 nitrogen and oxygen atoms in total. The predicted molar refractivity (Wildman–Crippen MR) is 62.0 cm³/mol. The summed E-state index contributed by atoms with van der Waals surface area (Å²) in [5.74, 6) is 0. The lowest BCUT2D eigenvalue weighted by atomic mass is 10.2. The van der Waals surface area contributed by atoms with Gasteiger partial charge in [0.15, 0.2) is 0 Å². The Hall–Kier alpha value is -0.770. The van der Waals surface area contributed by atoms with Gasteiger partial charge in [0.1, 0.15) is 0 Å². The van der Waals surface area contributed by atoms with Crippen molar-refractivity contribution in [3.63, 3.8) is 0 Å². The van der Waals surface area contributed by atoms with Crippen LogP contribution in [0.15, 0.2) is 18.2 Å². The summed E-state index contributed by atoms with van der Waals surface area (Å²) in [6, 6.07) is 5.71. The molecule has 1 aliphatic heterocycles. The zero-order chi connectivity index (χ0) is 10.7. The maximum absolute atomic E-state index is 5.94. The van der Waals surface area contributed by atoms with Crippen molar-refractivity contribution in [2.45, 2.75) is 6.54 Å². The van der Waals surface area contributed by atoms with E-state index in [0.29, 0.717) is 5.02 Å². The smallest absolute Gasteiger partial charge is 0.0594 e. The van der Waals surface area contributed by atoms with Gasteiger partial charge in [-0.3, -0.25) is 4.90 Å². The summed E-state index contributed by atoms with van der Waals surface area (Å²) in [4.78, 5) is 2.34. The van der Waals surface area contributed by atoms with Crippen LogP contribution in [0.2, 0.25) is 5.02 Å². The number of morpholine rings is 1. The number of benzene rings is 1. The van der Waals surface area contributed by atoms with E-state index in [9.17, 15) is 0 Å². The molecular formula is C11H15ClN2O. The first-order valence-corrected chi connectivity index (χ1v) is 5.47. The number of ether oxygens (including phenoxy) is 1. The number of nitrogen functional groups attached to an aromatic ring is 1. The number of hydrogen-bond acceptors (Lipinski definition) is 3. The van der Waals surface area contributed by atoms with Crippen molar-refractivity contribution < 1.29 is 4.74 Å². The van der Waals surface area contributed by atoms with E-state index in [0.717, 1.165) is 38.5 Å². The molecule has 0 radical (unpaired) electrons. The Labute approximate surface area is 94.8 Å². The molecule has 0 amide bonds. The molecule has 1 heterocycles. The van der Waals surface area contributed by atoms with Crippen molar-refractivity contribution in [1.29, 1.82) is 0 Å². The number of nitrogens with zero attached hydrogens (tertiary/aromatic N) is 1. The minimum Gasteiger partial charge on any atom is -0.399 e. The lowest BCUT2D eigenvalue weighted by molar-refractivity contribution is 0.0342. The molecule has 1 saturated heterocycles. The molecule has 2 N–H and O–H groups in total. The highest BCUT2D eigenvalue weighted by atomic mass is 35.5. The second-order valence-electron chi connectivity index (χ2n) is 3.78.